The highest BCUT2D eigenvalue weighted by Gasteiger charge is 2.12. The molecule has 20 heavy (non-hydrogen) atoms. The van der Waals surface area contributed by atoms with Crippen molar-refractivity contribution in [2.75, 3.05) is 26.3 Å². The Bertz CT molecular complexity index is 724. The molecule has 0 radical (unpaired) electrons. The number of ether oxygens (including phenoxy) is 1. The van der Waals surface area contributed by atoms with Crippen molar-refractivity contribution in [3.05, 3.63) is 45.7 Å². The summed E-state index contributed by atoms with van der Waals surface area (Å²) in [5, 5.41) is 9.49. The number of aromatic nitrogens is 1. The molecule has 2 heterocycles. The number of hydrogen-bond acceptors (Lipinski definition) is 4. The number of nitrogens with one attached hydrogen (secondary N) is 1. The summed E-state index contributed by atoms with van der Waals surface area (Å²) in [5.74, 6) is 0. The Hall–Kier alpha value is -2.16. The van der Waals surface area contributed by atoms with Crippen LogP contribution < -0.4 is 5.43 Å². The maximum atomic E-state index is 12.1. The number of benzene rings is 1. The summed E-state index contributed by atoms with van der Waals surface area (Å²) >= 11 is 0. The molecule has 0 atom stereocenters. The number of H-pyrrole nitrogens is 1. The van der Waals surface area contributed by atoms with Gasteiger partial charge in [-0.2, -0.15) is 5.26 Å². The molecule has 1 aliphatic rings. The molecule has 0 aliphatic carbocycles. The number of hydrogen-bond donors (Lipinski definition) is 1. The maximum absolute atomic E-state index is 12.1. The SMILES string of the molecule is N#Cc1c[nH]c2ccc(CN3CCOCC3)cc2c1=O. The highest BCUT2D eigenvalue weighted by Crippen LogP contribution is 2.13. The number of aromatic amines is 1. The van der Waals surface area contributed by atoms with Gasteiger partial charge in [-0.3, -0.25) is 9.69 Å². The summed E-state index contributed by atoms with van der Waals surface area (Å²) < 4.78 is 5.32. The van der Waals surface area contributed by atoms with Gasteiger partial charge in [0.2, 0.25) is 5.43 Å². The van der Waals surface area contributed by atoms with Gasteiger partial charge in [0.05, 0.1) is 13.2 Å². The molecule has 0 bridgehead atoms. The standard InChI is InChI=1S/C15H15N3O2/c16-8-12-9-17-14-2-1-11(7-13(14)15(12)19)10-18-3-5-20-6-4-18/h1-2,7,9H,3-6,10H2,(H,17,19). The number of morpholine rings is 1. The van der Waals surface area contributed by atoms with Gasteiger partial charge in [0.25, 0.3) is 0 Å². The highest BCUT2D eigenvalue weighted by molar-refractivity contribution is 5.80. The van der Waals surface area contributed by atoms with Gasteiger partial charge in [0.1, 0.15) is 11.6 Å². The van der Waals surface area contributed by atoms with Gasteiger partial charge in [-0.1, -0.05) is 6.07 Å². The molecule has 1 N–H and O–H groups in total. The lowest BCUT2D eigenvalue weighted by atomic mass is 10.1. The lowest BCUT2D eigenvalue weighted by Crippen LogP contribution is -2.35. The third-order valence-electron chi connectivity index (χ3n) is 3.58. The van der Waals surface area contributed by atoms with Crippen LogP contribution in [0.2, 0.25) is 0 Å². The Morgan fingerprint density at radius 2 is 2.15 bits per heavy atom. The molecule has 0 spiro atoms. The molecule has 1 saturated heterocycles. The molecule has 102 valence electrons. The fraction of sp³-hybridized carbons (Fsp3) is 0.333. The molecular formula is C15H15N3O2. The van der Waals surface area contributed by atoms with Gasteiger partial charge >= 0.3 is 0 Å². The quantitative estimate of drug-likeness (QED) is 0.890. The van der Waals surface area contributed by atoms with Crippen molar-refractivity contribution in [3.8, 4) is 6.07 Å². The number of pyridine rings is 1. The largest absolute Gasteiger partial charge is 0.379 e. The fourth-order valence-electron chi connectivity index (χ4n) is 2.46. The van der Waals surface area contributed by atoms with Crippen molar-refractivity contribution < 1.29 is 4.74 Å². The van der Waals surface area contributed by atoms with Gasteiger partial charge < -0.3 is 9.72 Å². The molecule has 1 aliphatic heterocycles. The number of rotatable bonds is 2. The van der Waals surface area contributed by atoms with Crippen LogP contribution >= 0.6 is 0 Å². The molecule has 1 aromatic heterocycles. The van der Waals surface area contributed by atoms with Crippen molar-refractivity contribution >= 4 is 10.9 Å². The van der Waals surface area contributed by atoms with E-state index in [1.54, 1.807) is 0 Å². The highest BCUT2D eigenvalue weighted by atomic mass is 16.5. The van der Waals surface area contributed by atoms with Gasteiger partial charge in [-0.25, -0.2) is 0 Å². The van der Waals surface area contributed by atoms with Crippen LogP contribution in [0.3, 0.4) is 0 Å². The summed E-state index contributed by atoms with van der Waals surface area (Å²) in [6.45, 7) is 4.13. The smallest absolute Gasteiger partial charge is 0.207 e. The first kappa shape index (κ1) is 12.9. The molecule has 5 nitrogen and oxygen atoms in total. The Labute approximate surface area is 116 Å². The van der Waals surface area contributed by atoms with E-state index in [2.05, 4.69) is 9.88 Å². The number of nitriles is 1. The molecule has 0 amide bonds. The zero-order chi connectivity index (χ0) is 13.9. The predicted octanol–water partition coefficient (Wildman–Crippen LogP) is 1.23. The first-order valence-corrected chi connectivity index (χ1v) is 6.62. The van der Waals surface area contributed by atoms with Gasteiger partial charge in [-0.15, -0.1) is 0 Å². The Balaban J connectivity index is 1.95. The van der Waals surface area contributed by atoms with Crippen molar-refractivity contribution in [2.24, 2.45) is 0 Å². The Kier molecular flexibility index (Phi) is 3.50. The van der Waals surface area contributed by atoms with Crippen LogP contribution in [-0.4, -0.2) is 36.2 Å². The van der Waals surface area contributed by atoms with Crippen molar-refractivity contribution in [3.63, 3.8) is 0 Å². The van der Waals surface area contributed by atoms with Crippen LogP contribution in [-0.2, 0) is 11.3 Å². The lowest BCUT2D eigenvalue weighted by molar-refractivity contribution is 0.0342. The topological polar surface area (TPSA) is 69.1 Å². The first-order valence-electron chi connectivity index (χ1n) is 6.62. The molecule has 1 aromatic carbocycles. The number of fused-ring (bicyclic) bond motifs is 1. The molecule has 1 fully saturated rings. The summed E-state index contributed by atoms with van der Waals surface area (Å²) in [6.07, 6.45) is 1.46. The fourth-order valence-corrected chi connectivity index (χ4v) is 2.46. The molecule has 2 aromatic rings. The Morgan fingerprint density at radius 1 is 1.35 bits per heavy atom. The van der Waals surface area contributed by atoms with Crippen LogP contribution in [0.5, 0.6) is 0 Å². The van der Waals surface area contributed by atoms with E-state index < -0.39 is 0 Å². The molecule has 5 heteroatoms. The van der Waals surface area contributed by atoms with Crippen molar-refractivity contribution in [1.82, 2.24) is 9.88 Å². The minimum absolute atomic E-state index is 0.154. The van der Waals surface area contributed by atoms with Crippen LogP contribution in [0, 0.1) is 11.3 Å². The summed E-state index contributed by atoms with van der Waals surface area (Å²) in [6, 6.07) is 7.71. The second kappa shape index (κ2) is 5.45. The minimum Gasteiger partial charge on any atom is -0.379 e. The Morgan fingerprint density at radius 3 is 2.90 bits per heavy atom. The van der Waals surface area contributed by atoms with Gasteiger partial charge in [0, 0.05) is 36.7 Å². The third kappa shape index (κ3) is 2.44. The van der Waals surface area contributed by atoms with E-state index >= 15 is 0 Å². The minimum atomic E-state index is -0.204. The first-order chi connectivity index (χ1) is 9.78. The van der Waals surface area contributed by atoms with Crippen LogP contribution in [0.4, 0.5) is 0 Å². The zero-order valence-corrected chi connectivity index (χ0v) is 11.1. The summed E-state index contributed by atoms with van der Waals surface area (Å²) in [7, 11) is 0. The van der Waals surface area contributed by atoms with E-state index in [0.717, 1.165) is 43.9 Å². The second-order valence-electron chi connectivity index (χ2n) is 4.91. The zero-order valence-electron chi connectivity index (χ0n) is 11.1. The predicted molar refractivity (Wildman–Crippen MR) is 75.4 cm³/mol. The normalized spacial score (nSPS) is 16.1. The molecule has 0 unspecified atom stereocenters. The lowest BCUT2D eigenvalue weighted by Gasteiger charge is -2.26. The van der Waals surface area contributed by atoms with E-state index in [9.17, 15) is 4.79 Å². The van der Waals surface area contributed by atoms with Gasteiger partial charge in [0.15, 0.2) is 0 Å². The average molecular weight is 269 g/mol. The number of nitrogens with zero attached hydrogens (tertiary/aromatic N) is 2. The van der Waals surface area contributed by atoms with E-state index in [1.807, 2.05) is 24.3 Å². The van der Waals surface area contributed by atoms with E-state index in [1.165, 1.54) is 6.20 Å². The van der Waals surface area contributed by atoms with Crippen molar-refractivity contribution in [2.45, 2.75) is 6.54 Å². The van der Waals surface area contributed by atoms with E-state index in [0.29, 0.717) is 5.39 Å². The summed E-state index contributed by atoms with van der Waals surface area (Å²) in [4.78, 5) is 17.4. The summed E-state index contributed by atoms with van der Waals surface area (Å²) in [5.41, 5.74) is 1.80. The van der Waals surface area contributed by atoms with Crippen LogP contribution in [0.25, 0.3) is 10.9 Å². The monoisotopic (exact) mass is 269 g/mol. The molecular weight excluding hydrogens is 254 g/mol. The molecule has 0 saturated carbocycles. The second-order valence-corrected chi connectivity index (χ2v) is 4.91. The van der Waals surface area contributed by atoms with Gasteiger partial charge in [-0.05, 0) is 17.7 Å². The van der Waals surface area contributed by atoms with Crippen LogP contribution in [0.1, 0.15) is 11.1 Å². The molecule has 3 rings (SSSR count). The maximum Gasteiger partial charge on any atom is 0.207 e. The average Bonchev–Trinajstić information content (AvgIpc) is 2.49. The third-order valence-corrected chi connectivity index (χ3v) is 3.58. The van der Waals surface area contributed by atoms with E-state index in [-0.39, 0.29) is 11.0 Å². The van der Waals surface area contributed by atoms with Crippen LogP contribution in [0.15, 0.2) is 29.2 Å². The van der Waals surface area contributed by atoms with Crippen molar-refractivity contribution in [1.29, 1.82) is 5.26 Å². The van der Waals surface area contributed by atoms with E-state index in [4.69, 9.17) is 10.00 Å².